The number of halogens is 1. The minimum Gasteiger partial charge on any atom is -0.372 e. The van der Waals surface area contributed by atoms with E-state index >= 15 is 0 Å². The highest BCUT2D eigenvalue weighted by molar-refractivity contribution is 9.10. The summed E-state index contributed by atoms with van der Waals surface area (Å²) in [7, 11) is 0. The Balaban J connectivity index is 1.65. The van der Waals surface area contributed by atoms with Crippen LogP contribution >= 0.6 is 15.9 Å². The number of anilines is 1. The van der Waals surface area contributed by atoms with Gasteiger partial charge in [-0.25, -0.2) is 0 Å². The van der Waals surface area contributed by atoms with Gasteiger partial charge in [-0.3, -0.25) is 4.79 Å². The molecule has 0 spiro atoms. The van der Waals surface area contributed by atoms with Crippen LogP contribution in [0.4, 0.5) is 5.69 Å². The van der Waals surface area contributed by atoms with Crippen LogP contribution in [-0.2, 0) is 6.42 Å². The van der Waals surface area contributed by atoms with E-state index in [9.17, 15) is 4.79 Å². The zero-order chi connectivity index (χ0) is 23.7. The number of aromatic nitrogens is 1. The number of hydrogen-bond donors (Lipinski definition) is 0. The van der Waals surface area contributed by atoms with Crippen molar-refractivity contribution in [3.05, 3.63) is 106 Å². The molecule has 1 atom stereocenters. The van der Waals surface area contributed by atoms with Crippen molar-refractivity contribution in [2.75, 3.05) is 18.0 Å². The van der Waals surface area contributed by atoms with E-state index in [1.807, 2.05) is 6.07 Å². The highest BCUT2D eigenvalue weighted by Gasteiger charge is 2.31. The number of Topliss-reactive ketones (excluding diaryl/α,β-unsaturated/α-hetero) is 1. The first-order chi connectivity index (χ1) is 16.6. The fourth-order valence-corrected chi connectivity index (χ4v) is 5.39. The second-order valence-electron chi connectivity index (χ2n) is 8.86. The van der Waals surface area contributed by atoms with Gasteiger partial charge in [0.25, 0.3) is 0 Å². The second kappa shape index (κ2) is 9.63. The summed E-state index contributed by atoms with van der Waals surface area (Å²) in [6.45, 7) is 6.32. The molecule has 1 aromatic heterocycles. The Hall–Kier alpha value is -3.11. The Kier molecular flexibility index (Phi) is 6.42. The van der Waals surface area contributed by atoms with Crippen LogP contribution in [0.1, 0.15) is 47.8 Å². The van der Waals surface area contributed by atoms with Crippen molar-refractivity contribution in [2.45, 2.75) is 32.6 Å². The van der Waals surface area contributed by atoms with Crippen molar-refractivity contribution < 1.29 is 4.79 Å². The van der Waals surface area contributed by atoms with Crippen LogP contribution in [0.2, 0.25) is 0 Å². The molecule has 0 aliphatic heterocycles. The Morgan fingerprint density at radius 2 is 1.56 bits per heavy atom. The van der Waals surface area contributed by atoms with E-state index in [1.54, 1.807) is 0 Å². The number of carbonyl (C=O) groups is 1. The van der Waals surface area contributed by atoms with E-state index < -0.39 is 0 Å². The van der Waals surface area contributed by atoms with Gasteiger partial charge < -0.3 is 9.47 Å². The van der Waals surface area contributed by atoms with Gasteiger partial charge in [0, 0.05) is 46.6 Å². The molecule has 1 aliphatic carbocycles. The molecule has 3 aromatic carbocycles. The molecule has 0 saturated heterocycles. The van der Waals surface area contributed by atoms with Gasteiger partial charge in [0.05, 0.1) is 5.69 Å². The van der Waals surface area contributed by atoms with Crippen LogP contribution in [0.25, 0.3) is 16.9 Å². The lowest BCUT2D eigenvalue weighted by atomic mass is 9.82. The SMILES string of the molecule is CCN(CC)c1ccc(-n2c(-c3ccc(Br)cc3)cc3c2C[C@@H](c2ccccc2)CC3=O)cc1. The molecule has 3 nitrogen and oxygen atoms in total. The Bertz CT molecular complexity index is 1290. The molecule has 0 radical (unpaired) electrons. The van der Waals surface area contributed by atoms with Crippen molar-refractivity contribution in [3.8, 4) is 16.9 Å². The topological polar surface area (TPSA) is 25.2 Å². The third-order valence-electron chi connectivity index (χ3n) is 6.92. The summed E-state index contributed by atoms with van der Waals surface area (Å²) in [6, 6.07) is 29.7. The van der Waals surface area contributed by atoms with Crippen LogP contribution in [0.3, 0.4) is 0 Å². The third-order valence-corrected chi connectivity index (χ3v) is 7.45. The van der Waals surface area contributed by atoms with Crippen LogP contribution in [-0.4, -0.2) is 23.4 Å². The molecule has 0 unspecified atom stereocenters. The highest BCUT2D eigenvalue weighted by Crippen LogP contribution is 2.39. The zero-order valence-electron chi connectivity index (χ0n) is 19.7. The third kappa shape index (κ3) is 4.23. The predicted octanol–water partition coefficient (Wildman–Crippen LogP) is 7.67. The summed E-state index contributed by atoms with van der Waals surface area (Å²) >= 11 is 3.55. The van der Waals surface area contributed by atoms with E-state index in [1.165, 1.54) is 11.3 Å². The van der Waals surface area contributed by atoms with Crippen LogP contribution < -0.4 is 4.90 Å². The first-order valence-electron chi connectivity index (χ1n) is 12.0. The van der Waals surface area contributed by atoms with Gasteiger partial charge in [0.15, 0.2) is 5.78 Å². The van der Waals surface area contributed by atoms with Crippen molar-refractivity contribution in [2.24, 2.45) is 0 Å². The van der Waals surface area contributed by atoms with Crippen molar-refractivity contribution >= 4 is 27.4 Å². The molecule has 0 fully saturated rings. The Morgan fingerprint density at radius 3 is 2.21 bits per heavy atom. The Labute approximate surface area is 210 Å². The molecule has 0 saturated carbocycles. The highest BCUT2D eigenvalue weighted by atomic mass is 79.9. The van der Waals surface area contributed by atoms with Gasteiger partial charge in [0.2, 0.25) is 0 Å². The lowest BCUT2D eigenvalue weighted by Gasteiger charge is -2.25. The second-order valence-corrected chi connectivity index (χ2v) is 9.78. The molecular formula is C30H29BrN2O. The van der Waals surface area contributed by atoms with E-state index in [2.05, 4.69) is 118 Å². The molecular weight excluding hydrogens is 484 g/mol. The molecule has 4 aromatic rings. The molecule has 4 heteroatoms. The van der Waals surface area contributed by atoms with E-state index in [-0.39, 0.29) is 11.7 Å². The molecule has 1 heterocycles. The summed E-state index contributed by atoms with van der Waals surface area (Å²) in [5.41, 5.74) is 7.69. The quantitative estimate of drug-likeness (QED) is 0.264. The minimum atomic E-state index is 0.197. The molecule has 172 valence electrons. The summed E-state index contributed by atoms with van der Waals surface area (Å²) < 4.78 is 3.35. The van der Waals surface area contributed by atoms with Gasteiger partial charge in [-0.2, -0.15) is 0 Å². The van der Waals surface area contributed by atoms with Gasteiger partial charge in [-0.1, -0.05) is 58.4 Å². The predicted molar refractivity (Wildman–Crippen MR) is 144 cm³/mol. The van der Waals surface area contributed by atoms with E-state index in [4.69, 9.17) is 0 Å². The molecule has 34 heavy (non-hydrogen) atoms. The van der Waals surface area contributed by atoms with Crippen molar-refractivity contribution in [3.63, 3.8) is 0 Å². The molecule has 0 bridgehead atoms. The number of carbonyl (C=O) groups excluding carboxylic acids is 1. The summed E-state index contributed by atoms with van der Waals surface area (Å²) in [5.74, 6) is 0.426. The fraction of sp³-hybridized carbons (Fsp3) is 0.233. The van der Waals surface area contributed by atoms with Gasteiger partial charge in [-0.05, 0) is 79.8 Å². The normalized spacial score (nSPS) is 15.3. The standard InChI is InChI=1S/C30H29BrN2O/c1-3-32(4-2)25-14-16-26(17-15-25)33-28(22-10-12-24(31)13-11-22)20-27-29(33)18-23(19-30(27)34)21-8-6-5-7-9-21/h5-17,20,23H,3-4,18-19H2,1-2H3/t23-/m1/s1. The average Bonchev–Trinajstić information content (AvgIpc) is 3.26. The monoisotopic (exact) mass is 512 g/mol. The molecule has 5 rings (SSSR count). The molecule has 0 amide bonds. The van der Waals surface area contributed by atoms with Crippen LogP contribution in [0.15, 0.2) is 89.4 Å². The number of hydrogen-bond acceptors (Lipinski definition) is 2. The van der Waals surface area contributed by atoms with Crippen molar-refractivity contribution in [1.82, 2.24) is 4.57 Å². The largest absolute Gasteiger partial charge is 0.372 e. The van der Waals surface area contributed by atoms with Gasteiger partial charge in [-0.15, -0.1) is 0 Å². The fourth-order valence-electron chi connectivity index (χ4n) is 5.12. The number of benzene rings is 3. The number of ketones is 1. The molecule has 0 N–H and O–H groups in total. The first kappa shape index (κ1) is 22.7. The maximum atomic E-state index is 13.3. The lowest BCUT2D eigenvalue weighted by molar-refractivity contribution is 0.0963. The van der Waals surface area contributed by atoms with E-state index in [0.717, 1.165) is 52.2 Å². The van der Waals surface area contributed by atoms with Gasteiger partial charge >= 0.3 is 0 Å². The summed E-state index contributed by atoms with van der Waals surface area (Å²) in [5, 5.41) is 0. The van der Waals surface area contributed by atoms with Crippen molar-refractivity contribution in [1.29, 1.82) is 0 Å². The number of fused-ring (bicyclic) bond motifs is 1. The maximum absolute atomic E-state index is 13.3. The van der Waals surface area contributed by atoms with Crippen LogP contribution in [0.5, 0.6) is 0 Å². The molecule has 1 aliphatic rings. The zero-order valence-corrected chi connectivity index (χ0v) is 21.3. The number of nitrogens with zero attached hydrogens (tertiary/aromatic N) is 2. The maximum Gasteiger partial charge on any atom is 0.165 e. The average molecular weight is 513 g/mol. The minimum absolute atomic E-state index is 0.197. The first-order valence-corrected chi connectivity index (χ1v) is 12.8. The van der Waals surface area contributed by atoms with E-state index in [0.29, 0.717) is 6.42 Å². The van der Waals surface area contributed by atoms with Crippen LogP contribution in [0, 0.1) is 0 Å². The number of rotatable bonds is 6. The Morgan fingerprint density at radius 1 is 0.882 bits per heavy atom. The lowest BCUT2D eigenvalue weighted by Crippen LogP contribution is -2.22. The van der Waals surface area contributed by atoms with Gasteiger partial charge in [0.1, 0.15) is 0 Å². The summed E-state index contributed by atoms with van der Waals surface area (Å²) in [6.07, 6.45) is 1.40. The smallest absolute Gasteiger partial charge is 0.165 e. The summed E-state index contributed by atoms with van der Waals surface area (Å²) in [4.78, 5) is 15.7.